The maximum absolute atomic E-state index is 13.1. The maximum atomic E-state index is 13.1. The van der Waals surface area contributed by atoms with Crippen LogP contribution in [0.4, 0.5) is 0 Å². The predicted molar refractivity (Wildman–Crippen MR) is 121 cm³/mol. The van der Waals surface area contributed by atoms with Crippen LogP contribution in [-0.2, 0) is 14.9 Å². The Morgan fingerprint density at radius 1 is 0.900 bits per heavy atom. The molecule has 152 valence electrons. The van der Waals surface area contributed by atoms with Gasteiger partial charge in [0.25, 0.3) is 0 Å². The third kappa shape index (κ3) is 3.46. The minimum Gasteiger partial charge on any atom is -0.468 e. The van der Waals surface area contributed by atoms with Crippen LogP contribution in [0.25, 0.3) is 5.57 Å². The Bertz CT molecular complexity index is 997. The number of nitrogens with zero attached hydrogens (tertiary/aromatic N) is 1. The summed E-state index contributed by atoms with van der Waals surface area (Å²) < 4.78 is 5.29. The van der Waals surface area contributed by atoms with Gasteiger partial charge < -0.3 is 4.74 Å². The van der Waals surface area contributed by atoms with Crippen molar-refractivity contribution in [2.75, 3.05) is 20.2 Å². The summed E-state index contributed by atoms with van der Waals surface area (Å²) in [7, 11) is 1.47. The van der Waals surface area contributed by atoms with Gasteiger partial charge in [0, 0.05) is 13.1 Å². The van der Waals surface area contributed by atoms with Gasteiger partial charge in [-0.25, -0.2) is 0 Å². The first-order valence-corrected chi connectivity index (χ1v) is 10.2. The molecule has 3 aromatic carbocycles. The Morgan fingerprint density at radius 3 is 1.90 bits per heavy atom. The molecule has 3 aromatic rings. The highest BCUT2D eigenvalue weighted by Gasteiger charge is 2.54. The third-order valence-corrected chi connectivity index (χ3v) is 6.02. The average molecular weight is 398 g/mol. The van der Waals surface area contributed by atoms with Crippen molar-refractivity contribution in [2.24, 2.45) is 0 Å². The molecule has 1 aliphatic heterocycles. The molecule has 1 saturated heterocycles. The molecule has 0 aromatic heterocycles. The van der Waals surface area contributed by atoms with Crippen molar-refractivity contribution >= 4 is 11.5 Å². The molecular weight excluding hydrogens is 370 g/mol. The summed E-state index contributed by atoms with van der Waals surface area (Å²) in [5, 5.41) is 0. The molecule has 0 atom stereocenters. The highest BCUT2D eigenvalue weighted by Crippen LogP contribution is 2.44. The van der Waals surface area contributed by atoms with Crippen LogP contribution in [0.3, 0.4) is 0 Å². The summed E-state index contributed by atoms with van der Waals surface area (Å²) in [6, 6.07) is 29.1. The normalized spacial score (nSPS) is 15.4. The van der Waals surface area contributed by atoms with Gasteiger partial charge in [-0.05, 0) is 29.2 Å². The maximum Gasteiger partial charge on any atom is 0.318 e. The van der Waals surface area contributed by atoms with Gasteiger partial charge in [0.15, 0.2) is 0 Å². The van der Waals surface area contributed by atoms with Crippen molar-refractivity contribution in [3.63, 3.8) is 0 Å². The Labute approximate surface area is 178 Å². The first kappa shape index (κ1) is 20.1. The van der Waals surface area contributed by atoms with Crippen molar-refractivity contribution in [3.8, 4) is 0 Å². The molecule has 3 heteroatoms. The predicted octanol–water partition coefficient (Wildman–Crippen LogP) is 5.24. The van der Waals surface area contributed by atoms with Crippen molar-refractivity contribution in [2.45, 2.75) is 18.4 Å². The summed E-state index contributed by atoms with van der Waals surface area (Å²) >= 11 is 0. The van der Waals surface area contributed by atoms with Crippen molar-refractivity contribution in [3.05, 3.63) is 114 Å². The molecular formula is C27H27NO2. The van der Waals surface area contributed by atoms with Gasteiger partial charge in [-0.1, -0.05) is 97.1 Å². The lowest BCUT2D eigenvalue weighted by molar-refractivity contribution is -0.156. The number of hydrogen-bond acceptors (Lipinski definition) is 3. The molecule has 0 spiro atoms. The van der Waals surface area contributed by atoms with Gasteiger partial charge >= 0.3 is 5.97 Å². The minimum atomic E-state index is -0.688. The van der Waals surface area contributed by atoms with E-state index in [1.165, 1.54) is 18.2 Å². The van der Waals surface area contributed by atoms with Gasteiger partial charge in [0.1, 0.15) is 5.41 Å². The molecule has 0 N–H and O–H groups in total. The zero-order valence-electron chi connectivity index (χ0n) is 17.5. The van der Waals surface area contributed by atoms with Crippen LogP contribution in [0.2, 0.25) is 0 Å². The van der Waals surface area contributed by atoms with E-state index in [-0.39, 0.29) is 12.0 Å². The first-order chi connectivity index (χ1) is 14.6. The van der Waals surface area contributed by atoms with Crippen LogP contribution in [0.1, 0.15) is 35.2 Å². The van der Waals surface area contributed by atoms with E-state index in [0.717, 1.165) is 16.7 Å². The second-order valence-corrected chi connectivity index (χ2v) is 8.03. The first-order valence-electron chi connectivity index (χ1n) is 10.2. The number of allylic oxidation sites excluding steroid dienone is 1. The van der Waals surface area contributed by atoms with Gasteiger partial charge in [0.2, 0.25) is 0 Å². The molecule has 1 heterocycles. The molecule has 30 heavy (non-hydrogen) atoms. The van der Waals surface area contributed by atoms with E-state index >= 15 is 0 Å². The van der Waals surface area contributed by atoms with Gasteiger partial charge in [-0.15, -0.1) is 0 Å². The number of carbonyl (C=O) groups excluding carboxylic acids is 1. The minimum absolute atomic E-state index is 0.0853. The molecule has 0 bridgehead atoms. The summed E-state index contributed by atoms with van der Waals surface area (Å²) in [4.78, 5) is 15.4. The lowest BCUT2D eigenvalue weighted by atomic mass is 9.69. The van der Waals surface area contributed by atoms with Crippen molar-refractivity contribution < 1.29 is 9.53 Å². The summed E-state index contributed by atoms with van der Waals surface area (Å²) in [6.45, 7) is 7.30. The molecule has 0 aliphatic carbocycles. The quantitative estimate of drug-likeness (QED) is 0.533. The van der Waals surface area contributed by atoms with E-state index < -0.39 is 5.41 Å². The van der Waals surface area contributed by atoms with Crippen molar-refractivity contribution in [1.82, 2.24) is 4.90 Å². The number of carbonyl (C=O) groups is 1. The molecule has 1 aliphatic rings. The number of rotatable bonds is 6. The molecule has 0 amide bonds. The highest BCUT2D eigenvalue weighted by molar-refractivity contribution is 5.87. The van der Waals surface area contributed by atoms with Crippen LogP contribution in [0.15, 0.2) is 91.5 Å². The van der Waals surface area contributed by atoms with Gasteiger partial charge in [-0.3, -0.25) is 9.69 Å². The van der Waals surface area contributed by atoms with E-state index in [1.54, 1.807) is 0 Å². The smallest absolute Gasteiger partial charge is 0.318 e. The van der Waals surface area contributed by atoms with E-state index in [0.29, 0.717) is 13.1 Å². The summed E-state index contributed by atoms with van der Waals surface area (Å²) in [5.74, 6) is -0.188. The molecule has 1 fully saturated rings. The standard InChI is InChI=1S/C27H27NO2/c1-20(2)23-16-10-11-17-24(23)27(26(29)30-3)18-28(19-27)25(21-12-6-4-7-13-21)22-14-8-5-9-15-22/h4-17,25H,1,18-19H2,2-3H3. The van der Waals surface area contributed by atoms with E-state index in [1.807, 2.05) is 43.3 Å². The average Bonchev–Trinajstić information content (AvgIpc) is 2.76. The zero-order valence-corrected chi connectivity index (χ0v) is 17.5. The number of benzene rings is 3. The van der Waals surface area contributed by atoms with Gasteiger partial charge in [0.05, 0.1) is 13.2 Å². The fraction of sp³-hybridized carbons (Fsp3) is 0.222. The third-order valence-electron chi connectivity index (χ3n) is 6.02. The summed E-state index contributed by atoms with van der Waals surface area (Å²) in [5.41, 5.74) is 4.73. The van der Waals surface area contributed by atoms with E-state index in [9.17, 15) is 4.79 Å². The number of esters is 1. The van der Waals surface area contributed by atoms with E-state index in [4.69, 9.17) is 4.74 Å². The monoisotopic (exact) mass is 397 g/mol. The largest absolute Gasteiger partial charge is 0.468 e. The van der Waals surface area contributed by atoms with Crippen LogP contribution in [-0.4, -0.2) is 31.1 Å². The van der Waals surface area contributed by atoms with Crippen LogP contribution in [0.5, 0.6) is 0 Å². The molecule has 0 radical (unpaired) electrons. The fourth-order valence-corrected chi connectivity index (χ4v) is 4.59. The number of likely N-dealkylation sites (tertiary alicyclic amines) is 1. The Kier molecular flexibility index (Phi) is 5.56. The zero-order chi connectivity index (χ0) is 21.1. The highest BCUT2D eigenvalue weighted by atomic mass is 16.5. The number of hydrogen-bond donors (Lipinski definition) is 0. The Hall–Kier alpha value is -3.17. The second-order valence-electron chi connectivity index (χ2n) is 8.03. The molecule has 4 rings (SSSR count). The number of ether oxygens (including phenoxy) is 1. The SMILES string of the molecule is C=C(C)c1ccccc1C1(C(=O)OC)CN(C(c2ccccc2)c2ccccc2)C1. The van der Waals surface area contributed by atoms with E-state index in [2.05, 4.69) is 60.0 Å². The van der Waals surface area contributed by atoms with Gasteiger partial charge in [-0.2, -0.15) is 0 Å². The molecule has 0 saturated carbocycles. The fourth-order valence-electron chi connectivity index (χ4n) is 4.59. The Balaban J connectivity index is 1.74. The van der Waals surface area contributed by atoms with Crippen LogP contribution >= 0.6 is 0 Å². The van der Waals surface area contributed by atoms with Crippen molar-refractivity contribution in [1.29, 1.82) is 0 Å². The molecule has 0 unspecified atom stereocenters. The number of methoxy groups -OCH3 is 1. The lowest BCUT2D eigenvalue weighted by Gasteiger charge is -2.52. The lowest BCUT2D eigenvalue weighted by Crippen LogP contribution is -2.64. The molecule has 3 nitrogen and oxygen atoms in total. The van der Waals surface area contributed by atoms with Crippen LogP contribution < -0.4 is 0 Å². The Morgan fingerprint density at radius 2 is 1.40 bits per heavy atom. The topological polar surface area (TPSA) is 29.5 Å². The summed E-state index contributed by atoms with van der Waals surface area (Å²) in [6.07, 6.45) is 0. The second kappa shape index (κ2) is 8.29. The van der Waals surface area contributed by atoms with Crippen LogP contribution in [0, 0.1) is 0 Å².